The van der Waals surface area contributed by atoms with Gasteiger partial charge in [0.1, 0.15) is 16.7 Å². The van der Waals surface area contributed by atoms with E-state index in [1.807, 2.05) is 48.5 Å². The normalized spacial score (nSPS) is 11.4. The van der Waals surface area contributed by atoms with Crippen LogP contribution in [0.2, 0.25) is 0 Å². The van der Waals surface area contributed by atoms with E-state index in [4.69, 9.17) is 13.8 Å². The monoisotopic (exact) mass is 528 g/mol. The van der Waals surface area contributed by atoms with Crippen molar-refractivity contribution < 1.29 is 8.83 Å². The minimum absolute atomic E-state index is 0.610. The van der Waals surface area contributed by atoms with Crippen LogP contribution in [-0.2, 0) is 0 Å². The van der Waals surface area contributed by atoms with E-state index in [1.165, 1.54) is 0 Å². The third-order valence-electron chi connectivity index (χ3n) is 7.49. The molecule has 0 amide bonds. The summed E-state index contributed by atoms with van der Waals surface area (Å²) in [5.41, 5.74) is 9.56. The minimum Gasteiger partial charge on any atom is -0.455 e. The second kappa shape index (κ2) is 9.54. The second-order valence-corrected chi connectivity index (χ2v) is 10.0. The number of para-hydroxylation sites is 3. The maximum absolute atomic E-state index is 6.48. The lowest BCUT2D eigenvalue weighted by molar-refractivity contribution is 0.617. The fourth-order valence-corrected chi connectivity index (χ4v) is 5.54. The third kappa shape index (κ3) is 4.05. The number of fused-ring (bicyclic) bond motifs is 4. The Morgan fingerprint density at radius 2 is 1.10 bits per heavy atom. The maximum Gasteiger partial charge on any atom is 0.227 e. The van der Waals surface area contributed by atoms with Gasteiger partial charge in [0.15, 0.2) is 5.58 Å². The predicted molar refractivity (Wildman–Crippen MR) is 167 cm³/mol. The Morgan fingerprint density at radius 3 is 1.78 bits per heavy atom. The standard InChI is InChI=1S/C37H24N2O2/c1-4-11-26(12-5-1)37-38-33-23-32-31-18-10-17-30(36(31)40-34(32)24-35(33)41-37)25-19-21-29(22-20-25)39(27-13-6-2-7-14-27)28-15-8-3-9-16-28/h1-24H. The van der Waals surface area contributed by atoms with Gasteiger partial charge in [-0.1, -0.05) is 84.9 Å². The van der Waals surface area contributed by atoms with Crippen LogP contribution in [0.5, 0.6) is 0 Å². The average Bonchev–Trinajstić information content (AvgIpc) is 3.62. The van der Waals surface area contributed by atoms with E-state index < -0.39 is 0 Å². The second-order valence-electron chi connectivity index (χ2n) is 10.0. The lowest BCUT2D eigenvalue weighted by Gasteiger charge is -2.25. The number of oxazole rings is 1. The summed E-state index contributed by atoms with van der Waals surface area (Å²) in [5.74, 6) is 0.610. The van der Waals surface area contributed by atoms with Crippen molar-refractivity contribution in [2.75, 3.05) is 4.90 Å². The van der Waals surface area contributed by atoms with E-state index in [-0.39, 0.29) is 0 Å². The van der Waals surface area contributed by atoms with Crippen LogP contribution >= 0.6 is 0 Å². The Morgan fingerprint density at radius 1 is 0.463 bits per heavy atom. The molecule has 0 saturated carbocycles. The SMILES string of the molecule is c1ccc(-c2nc3cc4c(cc3o2)oc2c(-c3ccc(N(c5ccccc5)c5ccccc5)cc3)cccc24)cc1. The van der Waals surface area contributed by atoms with Crippen LogP contribution in [0.15, 0.2) is 154 Å². The van der Waals surface area contributed by atoms with E-state index in [2.05, 4.69) is 102 Å². The van der Waals surface area contributed by atoms with Crippen molar-refractivity contribution in [3.63, 3.8) is 0 Å². The van der Waals surface area contributed by atoms with Crippen LogP contribution in [0.1, 0.15) is 0 Å². The molecule has 0 aliphatic rings. The van der Waals surface area contributed by atoms with E-state index in [0.717, 1.165) is 61.2 Å². The zero-order valence-corrected chi connectivity index (χ0v) is 22.1. The van der Waals surface area contributed by atoms with Gasteiger partial charge in [-0.3, -0.25) is 0 Å². The van der Waals surface area contributed by atoms with E-state index in [1.54, 1.807) is 0 Å². The van der Waals surface area contributed by atoms with Crippen LogP contribution in [0.25, 0.3) is 55.6 Å². The van der Waals surface area contributed by atoms with Gasteiger partial charge in [0, 0.05) is 45.0 Å². The molecule has 0 atom stereocenters. The topological polar surface area (TPSA) is 42.4 Å². The lowest BCUT2D eigenvalue weighted by atomic mass is 10.0. The predicted octanol–water partition coefficient (Wildman–Crippen LogP) is 10.5. The zero-order valence-electron chi connectivity index (χ0n) is 22.1. The molecular weight excluding hydrogens is 504 g/mol. The van der Waals surface area contributed by atoms with Crippen LogP contribution < -0.4 is 4.90 Å². The van der Waals surface area contributed by atoms with Crippen molar-refractivity contribution in [3.05, 3.63) is 146 Å². The third-order valence-corrected chi connectivity index (χ3v) is 7.49. The van der Waals surface area contributed by atoms with E-state index in [9.17, 15) is 0 Å². The molecule has 0 fully saturated rings. The maximum atomic E-state index is 6.48. The summed E-state index contributed by atoms with van der Waals surface area (Å²) < 4.78 is 12.6. The summed E-state index contributed by atoms with van der Waals surface area (Å²) in [4.78, 5) is 7.02. The zero-order chi connectivity index (χ0) is 27.2. The Hall–Kier alpha value is -5.61. The quantitative estimate of drug-likeness (QED) is 0.223. The van der Waals surface area contributed by atoms with Crippen molar-refractivity contribution in [3.8, 4) is 22.6 Å². The number of hydrogen-bond acceptors (Lipinski definition) is 4. The van der Waals surface area contributed by atoms with Gasteiger partial charge in [0.25, 0.3) is 0 Å². The summed E-state index contributed by atoms with van der Waals surface area (Å²) >= 11 is 0. The highest BCUT2D eigenvalue weighted by molar-refractivity contribution is 6.12. The number of rotatable bonds is 5. The molecule has 0 bridgehead atoms. The Bertz CT molecular complexity index is 2090. The Labute approximate surface area is 236 Å². The molecular formula is C37H24N2O2. The summed E-state index contributed by atoms with van der Waals surface area (Å²) in [5, 5.41) is 2.08. The summed E-state index contributed by atoms with van der Waals surface area (Å²) in [6.45, 7) is 0. The molecule has 0 radical (unpaired) electrons. The molecule has 4 heteroatoms. The molecule has 194 valence electrons. The molecule has 0 spiro atoms. The molecule has 2 aromatic heterocycles. The number of furan rings is 1. The average molecular weight is 529 g/mol. The number of benzene rings is 6. The summed E-state index contributed by atoms with van der Waals surface area (Å²) in [6, 6.07) is 49.8. The molecule has 6 aromatic carbocycles. The van der Waals surface area contributed by atoms with Crippen molar-refractivity contribution in [1.29, 1.82) is 0 Å². The van der Waals surface area contributed by atoms with E-state index >= 15 is 0 Å². The smallest absolute Gasteiger partial charge is 0.227 e. The van der Waals surface area contributed by atoms with Crippen molar-refractivity contribution in [1.82, 2.24) is 4.98 Å². The van der Waals surface area contributed by atoms with Gasteiger partial charge in [-0.25, -0.2) is 4.98 Å². The van der Waals surface area contributed by atoms with E-state index in [0.29, 0.717) is 11.5 Å². The van der Waals surface area contributed by atoms with Crippen molar-refractivity contribution >= 4 is 50.1 Å². The Balaban J connectivity index is 1.20. The van der Waals surface area contributed by atoms with Gasteiger partial charge in [-0.2, -0.15) is 0 Å². The molecule has 41 heavy (non-hydrogen) atoms. The van der Waals surface area contributed by atoms with Crippen molar-refractivity contribution in [2.45, 2.75) is 0 Å². The van der Waals surface area contributed by atoms with Crippen LogP contribution in [0.4, 0.5) is 17.1 Å². The molecule has 2 heterocycles. The molecule has 0 unspecified atom stereocenters. The van der Waals surface area contributed by atoms with Gasteiger partial charge in [-0.15, -0.1) is 0 Å². The van der Waals surface area contributed by atoms with Gasteiger partial charge in [0.05, 0.1) is 0 Å². The van der Waals surface area contributed by atoms with Crippen LogP contribution in [0.3, 0.4) is 0 Å². The van der Waals surface area contributed by atoms with Gasteiger partial charge < -0.3 is 13.7 Å². The molecule has 8 aromatic rings. The summed E-state index contributed by atoms with van der Waals surface area (Å²) in [6.07, 6.45) is 0. The fraction of sp³-hybridized carbons (Fsp3) is 0. The summed E-state index contributed by atoms with van der Waals surface area (Å²) in [7, 11) is 0. The molecule has 0 saturated heterocycles. The molecule has 0 aliphatic carbocycles. The highest BCUT2D eigenvalue weighted by atomic mass is 16.4. The number of nitrogens with zero attached hydrogens (tertiary/aromatic N) is 2. The minimum atomic E-state index is 0.610. The fourth-order valence-electron chi connectivity index (χ4n) is 5.54. The molecule has 4 nitrogen and oxygen atoms in total. The highest BCUT2D eigenvalue weighted by Crippen LogP contribution is 2.40. The van der Waals surface area contributed by atoms with Gasteiger partial charge in [0.2, 0.25) is 5.89 Å². The largest absolute Gasteiger partial charge is 0.455 e. The van der Waals surface area contributed by atoms with Gasteiger partial charge in [-0.05, 0) is 60.2 Å². The first-order valence-corrected chi connectivity index (χ1v) is 13.6. The Kier molecular flexibility index (Phi) is 5.42. The first kappa shape index (κ1) is 23.3. The lowest BCUT2D eigenvalue weighted by Crippen LogP contribution is -2.09. The van der Waals surface area contributed by atoms with Crippen molar-refractivity contribution in [2.24, 2.45) is 0 Å². The highest BCUT2D eigenvalue weighted by Gasteiger charge is 2.17. The van der Waals surface area contributed by atoms with Gasteiger partial charge >= 0.3 is 0 Å². The van der Waals surface area contributed by atoms with Crippen LogP contribution in [0, 0.1) is 0 Å². The number of anilines is 3. The number of aromatic nitrogens is 1. The molecule has 0 N–H and O–H groups in total. The number of hydrogen-bond donors (Lipinski definition) is 0. The molecule has 8 rings (SSSR count). The van der Waals surface area contributed by atoms with Crippen LogP contribution in [-0.4, -0.2) is 4.98 Å². The first-order chi connectivity index (χ1) is 20.3. The molecule has 0 aliphatic heterocycles. The first-order valence-electron chi connectivity index (χ1n) is 13.6.